The van der Waals surface area contributed by atoms with Crippen LogP contribution in [0, 0.1) is 0 Å². The average Bonchev–Trinajstić information content (AvgIpc) is 2.15. The first-order valence-corrected chi connectivity index (χ1v) is 5.34. The second-order valence-electron chi connectivity index (χ2n) is 4.00. The van der Waals surface area contributed by atoms with Gasteiger partial charge in [-0.2, -0.15) is 0 Å². The Morgan fingerprint density at radius 1 is 1.29 bits per heavy atom. The minimum Gasteiger partial charge on any atom is -0.481 e. The zero-order valence-corrected chi connectivity index (χ0v) is 10.3. The van der Waals surface area contributed by atoms with Crippen molar-refractivity contribution < 1.29 is 19.5 Å². The van der Waals surface area contributed by atoms with Crippen LogP contribution in [0.2, 0.25) is 0 Å². The first kappa shape index (κ1) is 15.2. The Balaban J connectivity index is 4.53. The van der Waals surface area contributed by atoms with Gasteiger partial charge in [0.2, 0.25) is 5.91 Å². The van der Waals surface area contributed by atoms with Crippen LogP contribution in [-0.2, 0) is 9.59 Å². The predicted molar refractivity (Wildman–Crippen MR) is 61.3 cm³/mol. The minimum absolute atomic E-state index is 0.108. The van der Waals surface area contributed by atoms with Crippen LogP contribution in [0.15, 0.2) is 0 Å². The maximum absolute atomic E-state index is 11.9. The second-order valence-corrected chi connectivity index (χ2v) is 4.00. The summed E-state index contributed by atoms with van der Waals surface area (Å²) in [5.74, 6) is -1.32. The van der Waals surface area contributed by atoms with Gasteiger partial charge in [0.15, 0.2) is 0 Å². The number of nitrogens with two attached hydrogens (primary N) is 1. The molecule has 0 fully saturated rings. The molecule has 7 heteroatoms. The highest BCUT2D eigenvalue weighted by Gasteiger charge is 2.23. The number of hydrogen-bond donors (Lipinski definition) is 3. The van der Waals surface area contributed by atoms with Crippen molar-refractivity contribution >= 4 is 17.9 Å². The van der Waals surface area contributed by atoms with Crippen LogP contribution >= 0.6 is 0 Å². The molecule has 0 aromatic heterocycles. The van der Waals surface area contributed by atoms with E-state index >= 15 is 0 Å². The van der Waals surface area contributed by atoms with Crippen LogP contribution in [-0.4, -0.2) is 46.5 Å². The van der Waals surface area contributed by atoms with Gasteiger partial charge in [0.1, 0.15) is 6.04 Å². The van der Waals surface area contributed by atoms with E-state index in [0.717, 1.165) is 0 Å². The van der Waals surface area contributed by atoms with Crippen LogP contribution in [0.3, 0.4) is 0 Å². The molecule has 0 spiro atoms. The number of carbonyl (C=O) groups is 3. The molecule has 0 aliphatic heterocycles. The molecule has 0 aromatic carbocycles. The molecule has 3 amide bonds. The first-order chi connectivity index (χ1) is 7.75. The Kier molecular flexibility index (Phi) is 6.01. The lowest BCUT2D eigenvalue weighted by atomic mass is 10.2. The molecule has 17 heavy (non-hydrogen) atoms. The van der Waals surface area contributed by atoms with E-state index in [9.17, 15) is 14.4 Å². The van der Waals surface area contributed by atoms with E-state index in [1.54, 1.807) is 13.8 Å². The number of carbonyl (C=O) groups excluding carboxylic acids is 2. The lowest BCUT2D eigenvalue weighted by molar-refractivity contribution is -0.139. The third-order valence-electron chi connectivity index (χ3n) is 2.20. The zero-order valence-electron chi connectivity index (χ0n) is 10.3. The SMILES string of the molecule is CC(NC(N)=O)C(=O)N(CCC(=O)O)C(C)C. The molecule has 0 saturated carbocycles. The van der Waals surface area contributed by atoms with E-state index in [1.807, 2.05) is 0 Å². The van der Waals surface area contributed by atoms with E-state index in [2.05, 4.69) is 5.32 Å². The van der Waals surface area contributed by atoms with Gasteiger partial charge >= 0.3 is 12.0 Å². The van der Waals surface area contributed by atoms with Crippen molar-refractivity contribution in [2.24, 2.45) is 5.73 Å². The summed E-state index contributed by atoms with van der Waals surface area (Å²) in [5, 5.41) is 10.8. The van der Waals surface area contributed by atoms with Crippen molar-refractivity contribution in [2.75, 3.05) is 6.54 Å². The first-order valence-electron chi connectivity index (χ1n) is 5.34. The van der Waals surface area contributed by atoms with Crippen molar-refractivity contribution in [2.45, 2.75) is 39.3 Å². The number of carboxylic acids is 1. The highest BCUT2D eigenvalue weighted by atomic mass is 16.4. The molecule has 4 N–H and O–H groups in total. The van der Waals surface area contributed by atoms with E-state index in [-0.39, 0.29) is 24.9 Å². The average molecular weight is 245 g/mol. The van der Waals surface area contributed by atoms with Crippen LogP contribution in [0.4, 0.5) is 4.79 Å². The van der Waals surface area contributed by atoms with Gasteiger partial charge in [-0.05, 0) is 20.8 Å². The number of amides is 3. The molecule has 7 nitrogen and oxygen atoms in total. The van der Waals surface area contributed by atoms with Crippen molar-refractivity contribution in [1.82, 2.24) is 10.2 Å². The normalized spacial score (nSPS) is 12.0. The monoisotopic (exact) mass is 245 g/mol. The summed E-state index contributed by atoms with van der Waals surface area (Å²) >= 11 is 0. The number of primary amides is 1. The van der Waals surface area contributed by atoms with Gasteiger partial charge in [-0.15, -0.1) is 0 Å². The molecule has 98 valence electrons. The van der Waals surface area contributed by atoms with Gasteiger partial charge in [-0.1, -0.05) is 0 Å². The maximum Gasteiger partial charge on any atom is 0.312 e. The largest absolute Gasteiger partial charge is 0.481 e. The highest BCUT2D eigenvalue weighted by Crippen LogP contribution is 2.03. The topological polar surface area (TPSA) is 113 Å². The van der Waals surface area contributed by atoms with Crippen molar-refractivity contribution in [1.29, 1.82) is 0 Å². The third-order valence-corrected chi connectivity index (χ3v) is 2.20. The fourth-order valence-electron chi connectivity index (χ4n) is 1.36. The van der Waals surface area contributed by atoms with Gasteiger partial charge in [0.05, 0.1) is 6.42 Å². The smallest absolute Gasteiger partial charge is 0.312 e. The number of aliphatic carboxylic acids is 1. The van der Waals surface area contributed by atoms with Crippen LogP contribution in [0.5, 0.6) is 0 Å². The Hall–Kier alpha value is -1.79. The van der Waals surface area contributed by atoms with Crippen LogP contribution < -0.4 is 11.1 Å². The quantitative estimate of drug-likeness (QED) is 0.599. The second kappa shape index (κ2) is 6.72. The molecule has 1 unspecified atom stereocenters. The summed E-state index contributed by atoms with van der Waals surface area (Å²) in [4.78, 5) is 34.4. The van der Waals surface area contributed by atoms with E-state index in [4.69, 9.17) is 10.8 Å². The lowest BCUT2D eigenvalue weighted by Crippen LogP contribution is -2.51. The molecule has 0 aliphatic carbocycles. The molecule has 0 radical (unpaired) electrons. The standard InChI is InChI=1S/C10H19N3O4/c1-6(2)13(5-4-8(14)15)9(16)7(3)12-10(11)17/h6-7H,4-5H2,1-3H3,(H,14,15)(H3,11,12,17). The molecule has 0 aliphatic rings. The van der Waals surface area contributed by atoms with Crippen LogP contribution in [0.1, 0.15) is 27.2 Å². The molecule has 0 aromatic rings. The summed E-state index contributed by atoms with van der Waals surface area (Å²) in [6, 6.07) is -1.68. The van der Waals surface area contributed by atoms with Gasteiger partial charge in [0.25, 0.3) is 0 Å². The highest BCUT2D eigenvalue weighted by molar-refractivity contribution is 5.86. The zero-order chi connectivity index (χ0) is 13.6. The van der Waals surface area contributed by atoms with E-state index in [1.165, 1.54) is 11.8 Å². The predicted octanol–water partition coefficient (Wildman–Crippen LogP) is -0.245. The number of nitrogens with one attached hydrogen (secondary N) is 1. The maximum atomic E-state index is 11.9. The summed E-state index contributed by atoms with van der Waals surface area (Å²) in [7, 11) is 0. The van der Waals surface area contributed by atoms with Gasteiger partial charge in [0, 0.05) is 12.6 Å². The van der Waals surface area contributed by atoms with E-state index in [0.29, 0.717) is 0 Å². The summed E-state index contributed by atoms with van der Waals surface area (Å²) in [6.45, 7) is 5.16. The Labute approximate surface area is 100.0 Å². The van der Waals surface area contributed by atoms with Gasteiger partial charge < -0.3 is 21.1 Å². The van der Waals surface area contributed by atoms with Crippen molar-refractivity contribution in [3.8, 4) is 0 Å². The summed E-state index contributed by atoms with van der Waals surface area (Å²) < 4.78 is 0. The Bertz CT molecular complexity index is 304. The summed E-state index contributed by atoms with van der Waals surface area (Å²) in [6.07, 6.45) is -0.132. The van der Waals surface area contributed by atoms with Crippen LogP contribution in [0.25, 0.3) is 0 Å². The van der Waals surface area contributed by atoms with E-state index < -0.39 is 18.0 Å². The number of rotatable bonds is 6. The van der Waals surface area contributed by atoms with Crippen molar-refractivity contribution in [3.05, 3.63) is 0 Å². The molecule has 0 rings (SSSR count). The number of hydrogen-bond acceptors (Lipinski definition) is 3. The van der Waals surface area contributed by atoms with Gasteiger partial charge in [-0.3, -0.25) is 9.59 Å². The number of nitrogens with zero attached hydrogens (tertiary/aromatic N) is 1. The number of carboxylic acid groups (broad SMARTS) is 1. The molecule has 0 bridgehead atoms. The molecular formula is C10H19N3O4. The lowest BCUT2D eigenvalue weighted by Gasteiger charge is -2.29. The Morgan fingerprint density at radius 2 is 1.82 bits per heavy atom. The molecule has 0 saturated heterocycles. The molecular weight excluding hydrogens is 226 g/mol. The third kappa shape index (κ3) is 5.74. The Morgan fingerprint density at radius 3 is 2.18 bits per heavy atom. The minimum atomic E-state index is -0.973. The van der Waals surface area contributed by atoms with Gasteiger partial charge in [-0.25, -0.2) is 4.79 Å². The summed E-state index contributed by atoms with van der Waals surface area (Å²) in [5.41, 5.74) is 4.91. The fraction of sp³-hybridized carbons (Fsp3) is 0.700. The number of urea groups is 1. The fourth-order valence-corrected chi connectivity index (χ4v) is 1.36. The molecule has 0 heterocycles. The van der Waals surface area contributed by atoms with Crippen molar-refractivity contribution in [3.63, 3.8) is 0 Å². The molecule has 1 atom stereocenters.